The fourth-order valence-electron chi connectivity index (χ4n) is 3.92. The Hall–Kier alpha value is -2.16. The van der Waals surface area contributed by atoms with E-state index in [1.54, 1.807) is 19.0 Å². The van der Waals surface area contributed by atoms with Gasteiger partial charge in [-0.1, -0.05) is 55.4 Å². The molecule has 1 N–H and O–H groups in total. The number of ether oxygens (including phenoxy) is 1. The van der Waals surface area contributed by atoms with Crippen molar-refractivity contribution in [1.29, 1.82) is 0 Å². The van der Waals surface area contributed by atoms with Gasteiger partial charge in [-0.15, -0.1) is 0 Å². The lowest BCUT2D eigenvalue weighted by molar-refractivity contribution is -0.139. The molecule has 2 aliphatic rings. The van der Waals surface area contributed by atoms with E-state index in [2.05, 4.69) is 12.2 Å². The van der Waals surface area contributed by atoms with Gasteiger partial charge >= 0.3 is 0 Å². The lowest BCUT2D eigenvalue weighted by Crippen LogP contribution is -2.43. The summed E-state index contributed by atoms with van der Waals surface area (Å²) in [4.78, 5) is 50.7. The highest BCUT2D eigenvalue weighted by Crippen LogP contribution is 2.13. The molecule has 248 valence electrons. The van der Waals surface area contributed by atoms with Crippen molar-refractivity contribution in [1.82, 2.24) is 20.0 Å². The molecule has 4 unspecified atom stereocenters. The minimum Gasteiger partial charge on any atom is -0.378 e. The van der Waals surface area contributed by atoms with Gasteiger partial charge in [-0.2, -0.15) is 0 Å². The number of morpholine rings is 1. The van der Waals surface area contributed by atoms with Gasteiger partial charge in [-0.05, 0) is 52.4 Å². The minimum absolute atomic E-state index is 0.155. The SMILES string of the molecule is CCC(C)C(=O)N(C)C.CCC(C)C(=O)N1CCCC1.CCC(C)C(=O)N1CCOCC1.CCC(C)C(=O)NC(C)C. The molecule has 9 nitrogen and oxygen atoms in total. The number of carbonyl (C=O) groups is 4. The molecule has 0 aromatic rings. The molecule has 2 saturated heterocycles. The Bertz CT molecular complexity index is 747. The van der Waals surface area contributed by atoms with Gasteiger partial charge in [0.1, 0.15) is 0 Å². The van der Waals surface area contributed by atoms with Crippen LogP contribution in [0.25, 0.3) is 0 Å². The standard InChI is InChI=1S/C9H17NO2.C9H17NO.C8H17NO.C7H15NO/c1-3-8(2)9(11)10-4-6-12-7-5-10;1-3-8(2)9(11)10-6-4-5-7-10;1-5-7(4)8(10)9-6(2)3;1-5-6(2)7(9)8(3)4/h8H,3-7H2,1-2H3;8H,3-7H2,1-2H3;6-7H,5H2,1-4H3,(H,9,10);6H,5H2,1-4H3. The lowest BCUT2D eigenvalue weighted by atomic mass is 10.1. The molecule has 2 aliphatic heterocycles. The molecule has 2 fully saturated rings. The monoisotopic (exact) mass is 599 g/mol. The van der Waals surface area contributed by atoms with Crippen LogP contribution in [0.5, 0.6) is 0 Å². The number of likely N-dealkylation sites (tertiary alicyclic amines) is 1. The van der Waals surface area contributed by atoms with E-state index in [-0.39, 0.29) is 47.4 Å². The van der Waals surface area contributed by atoms with Crippen LogP contribution in [0.1, 0.15) is 108 Å². The molecule has 4 amide bonds. The normalized spacial score (nSPS) is 17.2. The molecular formula is C33H66N4O5. The molecule has 0 aliphatic carbocycles. The van der Waals surface area contributed by atoms with Crippen molar-refractivity contribution >= 4 is 23.6 Å². The average molecular weight is 599 g/mol. The van der Waals surface area contributed by atoms with Crippen molar-refractivity contribution in [3.05, 3.63) is 0 Å². The van der Waals surface area contributed by atoms with Crippen molar-refractivity contribution in [2.24, 2.45) is 23.7 Å². The van der Waals surface area contributed by atoms with Gasteiger partial charge in [-0.25, -0.2) is 0 Å². The molecule has 4 atom stereocenters. The maximum Gasteiger partial charge on any atom is 0.225 e. The summed E-state index contributed by atoms with van der Waals surface area (Å²) in [7, 11) is 3.57. The molecule has 2 rings (SSSR count). The summed E-state index contributed by atoms with van der Waals surface area (Å²) in [6.45, 7) is 24.9. The van der Waals surface area contributed by atoms with E-state index in [4.69, 9.17) is 4.74 Å². The summed E-state index contributed by atoms with van der Waals surface area (Å²) in [5.41, 5.74) is 0. The number of hydrogen-bond acceptors (Lipinski definition) is 5. The third-order valence-corrected chi connectivity index (χ3v) is 7.77. The number of amides is 4. The van der Waals surface area contributed by atoms with Crippen molar-refractivity contribution < 1.29 is 23.9 Å². The zero-order valence-electron chi connectivity index (χ0n) is 29.3. The molecule has 0 spiro atoms. The van der Waals surface area contributed by atoms with Crippen molar-refractivity contribution in [3.63, 3.8) is 0 Å². The topological polar surface area (TPSA) is 99.3 Å². The number of nitrogens with zero attached hydrogens (tertiary/aromatic N) is 3. The Kier molecular flexibility index (Phi) is 24.3. The molecule has 0 radical (unpaired) electrons. The fraction of sp³-hybridized carbons (Fsp3) is 0.879. The first-order valence-electron chi connectivity index (χ1n) is 16.3. The Morgan fingerprint density at radius 2 is 1.02 bits per heavy atom. The zero-order chi connectivity index (χ0) is 32.8. The third-order valence-electron chi connectivity index (χ3n) is 7.77. The van der Waals surface area contributed by atoms with E-state index in [0.29, 0.717) is 19.1 Å². The quantitative estimate of drug-likeness (QED) is 0.392. The predicted octanol–water partition coefficient (Wildman–Crippen LogP) is 5.22. The third kappa shape index (κ3) is 18.4. The van der Waals surface area contributed by atoms with Crippen molar-refractivity contribution in [2.75, 3.05) is 53.5 Å². The van der Waals surface area contributed by atoms with Crippen LogP contribution in [0.15, 0.2) is 0 Å². The van der Waals surface area contributed by atoms with E-state index in [0.717, 1.165) is 51.9 Å². The molecule has 42 heavy (non-hydrogen) atoms. The lowest BCUT2D eigenvalue weighted by Gasteiger charge is -2.28. The second kappa shape index (κ2) is 24.3. The van der Waals surface area contributed by atoms with E-state index >= 15 is 0 Å². The smallest absolute Gasteiger partial charge is 0.225 e. The second-order valence-corrected chi connectivity index (χ2v) is 12.1. The van der Waals surface area contributed by atoms with E-state index in [1.165, 1.54) is 12.8 Å². The van der Waals surface area contributed by atoms with Crippen LogP contribution in [0.2, 0.25) is 0 Å². The maximum atomic E-state index is 11.6. The van der Waals surface area contributed by atoms with Crippen molar-refractivity contribution in [2.45, 2.75) is 114 Å². The summed E-state index contributed by atoms with van der Waals surface area (Å²) >= 11 is 0. The first kappa shape index (κ1) is 42.0. The highest BCUT2D eigenvalue weighted by atomic mass is 16.5. The van der Waals surface area contributed by atoms with Gasteiger partial charge in [-0.3, -0.25) is 19.2 Å². The molecule has 2 heterocycles. The van der Waals surface area contributed by atoms with Gasteiger partial charge in [0.05, 0.1) is 13.2 Å². The average Bonchev–Trinajstić information content (AvgIpc) is 3.54. The van der Waals surface area contributed by atoms with E-state index in [1.807, 2.05) is 72.1 Å². The molecule has 0 saturated carbocycles. The Labute approximate surface area is 258 Å². The highest BCUT2D eigenvalue weighted by molar-refractivity contribution is 5.79. The Morgan fingerprint density at radius 1 is 0.643 bits per heavy atom. The van der Waals surface area contributed by atoms with Gasteiger partial charge in [0.2, 0.25) is 23.6 Å². The Morgan fingerprint density at radius 3 is 1.33 bits per heavy atom. The first-order chi connectivity index (χ1) is 19.7. The highest BCUT2D eigenvalue weighted by Gasteiger charge is 2.22. The fourth-order valence-corrected chi connectivity index (χ4v) is 3.92. The van der Waals surface area contributed by atoms with Gasteiger partial charge in [0.15, 0.2) is 0 Å². The molecule has 0 bridgehead atoms. The molecular weight excluding hydrogens is 532 g/mol. The maximum absolute atomic E-state index is 11.6. The Balaban J connectivity index is 0. The summed E-state index contributed by atoms with van der Waals surface area (Å²) in [5, 5.41) is 2.85. The number of hydrogen-bond donors (Lipinski definition) is 1. The summed E-state index contributed by atoms with van der Waals surface area (Å²) in [6, 6.07) is 0.265. The van der Waals surface area contributed by atoms with Crippen LogP contribution in [0.4, 0.5) is 0 Å². The van der Waals surface area contributed by atoms with Crippen molar-refractivity contribution in [3.8, 4) is 0 Å². The van der Waals surface area contributed by atoms with Crippen LogP contribution in [-0.4, -0.2) is 97.9 Å². The summed E-state index contributed by atoms with van der Waals surface area (Å²) < 4.78 is 5.17. The van der Waals surface area contributed by atoms with E-state index < -0.39 is 0 Å². The number of rotatable bonds is 9. The largest absolute Gasteiger partial charge is 0.378 e. The number of carbonyl (C=O) groups excluding carboxylic acids is 4. The molecule has 9 heteroatoms. The van der Waals surface area contributed by atoms with Crippen LogP contribution >= 0.6 is 0 Å². The molecule has 0 aromatic heterocycles. The number of nitrogens with one attached hydrogen (secondary N) is 1. The van der Waals surface area contributed by atoms with Crippen LogP contribution in [0.3, 0.4) is 0 Å². The molecule has 0 aromatic carbocycles. The van der Waals surface area contributed by atoms with E-state index in [9.17, 15) is 19.2 Å². The van der Waals surface area contributed by atoms with Crippen LogP contribution < -0.4 is 5.32 Å². The van der Waals surface area contributed by atoms with Gasteiger partial charge in [0, 0.05) is 70.0 Å². The minimum atomic E-state index is 0.155. The van der Waals surface area contributed by atoms with Crippen LogP contribution in [0, 0.1) is 23.7 Å². The van der Waals surface area contributed by atoms with Gasteiger partial charge in [0.25, 0.3) is 0 Å². The van der Waals surface area contributed by atoms with Crippen LogP contribution in [-0.2, 0) is 23.9 Å². The zero-order valence-corrected chi connectivity index (χ0v) is 29.3. The van der Waals surface area contributed by atoms with Gasteiger partial charge < -0.3 is 24.8 Å². The second-order valence-electron chi connectivity index (χ2n) is 12.1. The predicted molar refractivity (Wildman–Crippen MR) is 173 cm³/mol. The first-order valence-corrected chi connectivity index (χ1v) is 16.3. The summed E-state index contributed by atoms with van der Waals surface area (Å²) in [5.74, 6) is 1.75. The summed E-state index contributed by atoms with van der Waals surface area (Å²) in [6.07, 6.45) is 6.13.